The zero-order chi connectivity index (χ0) is 30.7. The van der Waals surface area contributed by atoms with Crippen molar-refractivity contribution in [3.8, 4) is 5.88 Å². The Hall–Kier alpha value is -4.55. The van der Waals surface area contributed by atoms with Crippen molar-refractivity contribution in [2.45, 2.75) is 0 Å². The molecule has 1 fully saturated rings. The summed E-state index contributed by atoms with van der Waals surface area (Å²) >= 11 is 0. The van der Waals surface area contributed by atoms with Crippen LogP contribution in [0.2, 0.25) is 0 Å². The fourth-order valence-corrected chi connectivity index (χ4v) is 5.17. The van der Waals surface area contributed by atoms with E-state index in [0.29, 0.717) is 34.6 Å². The average molecular weight is 619 g/mol. The average Bonchev–Trinajstić information content (AvgIpc) is 3.31. The van der Waals surface area contributed by atoms with Gasteiger partial charge in [-0.1, -0.05) is 36.4 Å². The van der Waals surface area contributed by atoms with Crippen LogP contribution in [-0.4, -0.2) is 101 Å². The van der Waals surface area contributed by atoms with E-state index in [1.54, 1.807) is 30.1 Å². The van der Waals surface area contributed by atoms with Crippen LogP contribution in [0.4, 0.5) is 11.4 Å². The Bertz CT molecular complexity index is 1700. The van der Waals surface area contributed by atoms with E-state index in [-0.39, 0.29) is 40.8 Å². The molecular weight excluding hydrogens is 584 g/mol. The highest BCUT2D eigenvalue weighted by atomic mass is 35.5. The second kappa shape index (κ2) is 13.8. The minimum absolute atomic E-state index is 0. The first-order valence-corrected chi connectivity index (χ1v) is 13.9. The van der Waals surface area contributed by atoms with Gasteiger partial charge in [-0.2, -0.15) is 0 Å². The zero-order valence-corrected chi connectivity index (χ0v) is 25.3. The monoisotopic (exact) mass is 618 g/mol. The number of piperazine rings is 1. The number of carboxylic acid groups (broad SMARTS) is 1. The molecule has 0 bridgehead atoms. The number of aromatic nitrogens is 1. The number of amides is 1. The maximum Gasteiger partial charge on any atom is 0.335 e. The molecular formula is C32H35ClN6O5. The standard InChI is InChI=1S/C32H34N6O5.ClH/c1-35-14-16-37(17-15-35)20-28(40)36(2)24-11-9-23(10-12-24)34-30(21-6-4-3-5-7-21)29-25-13-8-22(32(42)43)18-26(25)38(31(29)41)27(39)19-33;/h3-13,18,41H,14-17,19-20,33H2,1-2H3,(H,42,43);1H. The number of anilines is 1. The Balaban J connectivity index is 0.00000442. The van der Waals surface area contributed by atoms with Gasteiger partial charge in [-0.3, -0.25) is 14.5 Å². The summed E-state index contributed by atoms with van der Waals surface area (Å²) in [4.78, 5) is 48.4. The first-order valence-electron chi connectivity index (χ1n) is 13.9. The van der Waals surface area contributed by atoms with Crippen LogP contribution in [0, 0.1) is 0 Å². The van der Waals surface area contributed by atoms with E-state index in [1.165, 1.54) is 12.1 Å². The molecule has 11 nitrogen and oxygen atoms in total. The van der Waals surface area contributed by atoms with Gasteiger partial charge in [0, 0.05) is 49.9 Å². The number of nitrogens with zero attached hydrogens (tertiary/aromatic N) is 5. The number of halogens is 1. The van der Waals surface area contributed by atoms with E-state index in [2.05, 4.69) is 16.8 Å². The number of nitrogens with two attached hydrogens (primary N) is 1. The Kier molecular flexibility index (Phi) is 10.2. The number of fused-ring (bicyclic) bond motifs is 1. The highest BCUT2D eigenvalue weighted by Crippen LogP contribution is 2.35. The normalized spacial score (nSPS) is 14.3. The molecule has 1 amide bonds. The molecule has 1 aliphatic rings. The predicted octanol–water partition coefficient (Wildman–Crippen LogP) is 3.45. The van der Waals surface area contributed by atoms with E-state index in [9.17, 15) is 24.6 Å². The van der Waals surface area contributed by atoms with Crippen LogP contribution < -0.4 is 10.6 Å². The molecule has 4 N–H and O–H groups in total. The van der Waals surface area contributed by atoms with E-state index >= 15 is 0 Å². The molecule has 0 unspecified atom stereocenters. The number of aromatic carboxylic acids is 1. The number of aromatic hydroxyl groups is 1. The summed E-state index contributed by atoms with van der Waals surface area (Å²) in [7, 11) is 3.83. The summed E-state index contributed by atoms with van der Waals surface area (Å²) in [6, 6.07) is 20.7. The van der Waals surface area contributed by atoms with Crippen molar-refractivity contribution in [2.24, 2.45) is 10.7 Å². The number of benzene rings is 3. The summed E-state index contributed by atoms with van der Waals surface area (Å²) in [6.45, 7) is 3.52. The van der Waals surface area contributed by atoms with Crippen LogP contribution in [0.15, 0.2) is 77.8 Å². The van der Waals surface area contributed by atoms with E-state index < -0.39 is 18.4 Å². The molecule has 1 aromatic heterocycles. The third kappa shape index (κ3) is 6.66. The molecule has 0 aliphatic carbocycles. The molecule has 0 spiro atoms. The quantitative estimate of drug-likeness (QED) is 0.255. The number of carbonyl (C=O) groups excluding carboxylic acids is 2. The molecule has 44 heavy (non-hydrogen) atoms. The summed E-state index contributed by atoms with van der Waals surface area (Å²) in [6.07, 6.45) is 0. The Labute approximate surface area is 261 Å². The summed E-state index contributed by atoms with van der Waals surface area (Å²) < 4.78 is 1.03. The van der Waals surface area contributed by atoms with Crippen molar-refractivity contribution >= 4 is 58.2 Å². The van der Waals surface area contributed by atoms with Crippen LogP contribution >= 0.6 is 12.4 Å². The van der Waals surface area contributed by atoms with Crippen LogP contribution in [0.5, 0.6) is 5.88 Å². The molecule has 2 heterocycles. The molecule has 0 radical (unpaired) electrons. The van der Waals surface area contributed by atoms with Gasteiger partial charge in [-0.05, 0) is 43.4 Å². The number of aliphatic imine (C=N–C) groups is 1. The summed E-state index contributed by atoms with van der Waals surface area (Å²) in [5.74, 6) is -2.16. The van der Waals surface area contributed by atoms with E-state index in [0.717, 1.165) is 30.7 Å². The number of carbonyl (C=O) groups is 3. The summed E-state index contributed by atoms with van der Waals surface area (Å²) in [5, 5.41) is 21.4. The predicted molar refractivity (Wildman–Crippen MR) is 173 cm³/mol. The molecule has 230 valence electrons. The van der Waals surface area contributed by atoms with Crippen molar-refractivity contribution in [3.05, 3.63) is 89.5 Å². The largest absolute Gasteiger partial charge is 0.494 e. The fraction of sp³-hybridized carbons (Fsp3) is 0.250. The molecule has 3 aromatic carbocycles. The first kappa shape index (κ1) is 32.4. The van der Waals surface area contributed by atoms with Gasteiger partial charge < -0.3 is 25.7 Å². The molecule has 0 atom stereocenters. The van der Waals surface area contributed by atoms with Crippen molar-refractivity contribution in [1.82, 2.24) is 14.4 Å². The number of carboxylic acids is 1. The Morgan fingerprint density at radius 1 is 0.932 bits per heavy atom. The maximum absolute atomic E-state index is 13.0. The van der Waals surface area contributed by atoms with Gasteiger partial charge in [0.1, 0.15) is 0 Å². The van der Waals surface area contributed by atoms with Crippen LogP contribution in [0.25, 0.3) is 10.9 Å². The number of hydrogen-bond acceptors (Lipinski definition) is 8. The second-order valence-corrected chi connectivity index (χ2v) is 10.5. The van der Waals surface area contributed by atoms with Gasteiger partial charge in [0.15, 0.2) is 0 Å². The highest BCUT2D eigenvalue weighted by molar-refractivity contribution is 6.23. The number of rotatable bonds is 8. The minimum Gasteiger partial charge on any atom is -0.494 e. The lowest BCUT2D eigenvalue weighted by atomic mass is 10.00. The molecule has 4 aromatic rings. The Morgan fingerprint density at radius 2 is 1.59 bits per heavy atom. The molecule has 12 heteroatoms. The highest BCUT2D eigenvalue weighted by Gasteiger charge is 2.26. The minimum atomic E-state index is -1.17. The van der Waals surface area contributed by atoms with Crippen molar-refractivity contribution in [1.29, 1.82) is 0 Å². The molecule has 0 saturated carbocycles. The number of hydrogen-bond donors (Lipinski definition) is 3. The first-order chi connectivity index (χ1) is 20.7. The molecule has 1 saturated heterocycles. The fourth-order valence-electron chi connectivity index (χ4n) is 5.17. The number of likely N-dealkylation sites (N-methyl/N-ethyl adjacent to an activating group) is 2. The van der Waals surface area contributed by atoms with Gasteiger partial charge in [-0.25, -0.2) is 14.4 Å². The lowest BCUT2D eigenvalue weighted by Gasteiger charge is -2.32. The maximum atomic E-state index is 13.0. The van der Waals surface area contributed by atoms with Crippen LogP contribution in [0.1, 0.15) is 26.3 Å². The molecule has 1 aliphatic heterocycles. The van der Waals surface area contributed by atoms with Gasteiger partial charge in [0.05, 0.1) is 41.1 Å². The van der Waals surface area contributed by atoms with Gasteiger partial charge in [-0.15, -0.1) is 12.4 Å². The van der Waals surface area contributed by atoms with E-state index in [4.69, 9.17) is 10.7 Å². The topological polar surface area (TPSA) is 145 Å². The van der Waals surface area contributed by atoms with Crippen LogP contribution in [0.3, 0.4) is 0 Å². The van der Waals surface area contributed by atoms with Crippen molar-refractivity contribution < 1.29 is 24.6 Å². The van der Waals surface area contributed by atoms with Gasteiger partial charge in [0.25, 0.3) is 0 Å². The van der Waals surface area contributed by atoms with Crippen molar-refractivity contribution in [3.63, 3.8) is 0 Å². The SMILES string of the molecule is CN1CCN(CC(=O)N(C)c2ccc(N=C(c3ccccc3)c3c(O)n(C(=O)CN)c4cc(C(=O)O)ccc34)cc2)CC1.Cl. The lowest BCUT2D eigenvalue weighted by molar-refractivity contribution is -0.119. The third-order valence-electron chi connectivity index (χ3n) is 7.71. The smallest absolute Gasteiger partial charge is 0.335 e. The third-order valence-corrected chi connectivity index (χ3v) is 7.71. The van der Waals surface area contributed by atoms with Crippen molar-refractivity contribution in [2.75, 3.05) is 58.3 Å². The Morgan fingerprint density at radius 3 is 2.20 bits per heavy atom. The van der Waals surface area contributed by atoms with E-state index in [1.807, 2.05) is 42.5 Å². The lowest BCUT2D eigenvalue weighted by Crippen LogP contribution is -2.48. The second-order valence-electron chi connectivity index (χ2n) is 10.5. The van der Waals surface area contributed by atoms with Gasteiger partial charge >= 0.3 is 5.97 Å². The zero-order valence-electron chi connectivity index (χ0n) is 24.5. The van der Waals surface area contributed by atoms with Crippen LogP contribution in [-0.2, 0) is 4.79 Å². The molecule has 5 rings (SSSR count). The van der Waals surface area contributed by atoms with Gasteiger partial charge in [0.2, 0.25) is 17.7 Å². The summed E-state index contributed by atoms with van der Waals surface area (Å²) in [5.41, 5.74) is 8.39.